The maximum absolute atomic E-state index is 9.12. The smallest absolute Gasteiger partial charge is 0.0584 e. The second kappa shape index (κ2) is 6.02. The van der Waals surface area contributed by atoms with Crippen LogP contribution in [0.5, 0.6) is 0 Å². The van der Waals surface area contributed by atoms with Crippen molar-refractivity contribution in [2.75, 3.05) is 6.61 Å². The van der Waals surface area contributed by atoms with Crippen molar-refractivity contribution in [2.45, 2.75) is 46.7 Å². The first-order valence-corrected chi connectivity index (χ1v) is 5.99. The number of hydrogen-bond donors (Lipinski definition) is 2. The Bertz CT molecular complexity index is 320. The van der Waals surface area contributed by atoms with E-state index in [4.69, 9.17) is 5.11 Å². The fourth-order valence-electron chi connectivity index (χ4n) is 2.07. The molecular weight excluding hydrogens is 198 g/mol. The molecule has 0 amide bonds. The van der Waals surface area contributed by atoms with E-state index < -0.39 is 0 Å². The van der Waals surface area contributed by atoms with E-state index in [2.05, 4.69) is 45.1 Å². The van der Waals surface area contributed by atoms with Crippen molar-refractivity contribution in [1.82, 2.24) is 5.32 Å². The standard InChI is InChI=1S/C14H23NO/c1-5-13(9-16)15-8-14-11(3)6-10(2)7-12(14)4/h6-7,13,15-16H,5,8-9H2,1-4H3/t13-/m1/s1. The highest BCUT2D eigenvalue weighted by Crippen LogP contribution is 2.16. The van der Waals surface area contributed by atoms with Crippen molar-refractivity contribution in [2.24, 2.45) is 0 Å². The van der Waals surface area contributed by atoms with E-state index in [1.165, 1.54) is 22.3 Å². The van der Waals surface area contributed by atoms with Crippen molar-refractivity contribution in [1.29, 1.82) is 0 Å². The number of rotatable bonds is 5. The van der Waals surface area contributed by atoms with Gasteiger partial charge in [-0.05, 0) is 43.9 Å². The molecule has 0 heterocycles. The van der Waals surface area contributed by atoms with Gasteiger partial charge >= 0.3 is 0 Å². The molecule has 2 N–H and O–H groups in total. The van der Waals surface area contributed by atoms with Gasteiger partial charge in [0.05, 0.1) is 6.61 Å². The largest absolute Gasteiger partial charge is 0.395 e. The van der Waals surface area contributed by atoms with E-state index >= 15 is 0 Å². The van der Waals surface area contributed by atoms with Gasteiger partial charge in [-0.1, -0.05) is 24.6 Å². The van der Waals surface area contributed by atoms with Crippen LogP contribution >= 0.6 is 0 Å². The summed E-state index contributed by atoms with van der Waals surface area (Å²) in [5, 5.41) is 12.5. The second-order valence-corrected chi connectivity index (χ2v) is 4.55. The summed E-state index contributed by atoms with van der Waals surface area (Å²) in [4.78, 5) is 0. The molecule has 0 bridgehead atoms. The zero-order valence-corrected chi connectivity index (χ0v) is 10.8. The lowest BCUT2D eigenvalue weighted by Crippen LogP contribution is -2.31. The predicted octanol–water partition coefficient (Wildman–Crippen LogP) is 2.47. The van der Waals surface area contributed by atoms with Crippen molar-refractivity contribution < 1.29 is 5.11 Å². The predicted molar refractivity (Wildman–Crippen MR) is 68.7 cm³/mol. The van der Waals surface area contributed by atoms with Crippen LogP contribution in [0.15, 0.2) is 12.1 Å². The zero-order valence-electron chi connectivity index (χ0n) is 10.8. The highest BCUT2D eigenvalue weighted by molar-refractivity contribution is 5.37. The fourth-order valence-corrected chi connectivity index (χ4v) is 2.07. The maximum Gasteiger partial charge on any atom is 0.0584 e. The first-order chi connectivity index (χ1) is 7.58. The highest BCUT2D eigenvalue weighted by Gasteiger charge is 2.07. The number of aryl methyl sites for hydroxylation is 3. The van der Waals surface area contributed by atoms with Gasteiger partial charge in [0.1, 0.15) is 0 Å². The first-order valence-electron chi connectivity index (χ1n) is 5.99. The Hall–Kier alpha value is -0.860. The number of benzene rings is 1. The van der Waals surface area contributed by atoms with Crippen LogP contribution in [0.1, 0.15) is 35.6 Å². The molecular formula is C14H23NO. The lowest BCUT2D eigenvalue weighted by atomic mass is 9.99. The summed E-state index contributed by atoms with van der Waals surface area (Å²) in [5.41, 5.74) is 5.33. The average Bonchev–Trinajstić information content (AvgIpc) is 2.22. The van der Waals surface area contributed by atoms with E-state index in [9.17, 15) is 0 Å². The molecule has 1 rings (SSSR count). The highest BCUT2D eigenvalue weighted by atomic mass is 16.3. The summed E-state index contributed by atoms with van der Waals surface area (Å²) in [5.74, 6) is 0. The van der Waals surface area contributed by atoms with Crippen LogP contribution in [-0.4, -0.2) is 17.8 Å². The van der Waals surface area contributed by atoms with Crippen LogP contribution in [0, 0.1) is 20.8 Å². The normalized spacial score (nSPS) is 12.8. The molecule has 0 saturated heterocycles. The van der Waals surface area contributed by atoms with E-state index in [0.29, 0.717) is 0 Å². The third-order valence-corrected chi connectivity index (χ3v) is 3.12. The van der Waals surface area contributed by atoms with E-state index in [1.54, 1.807) is 0 Å². The summed E-state index contributed by atoms with van der Waals surface area (Å²) < 4.78 is 0. The number of hydrogen-bond acceptors (Lipinski definition) is 2. The average molecular weight is 221 g/mol. The van der Waals surface area contributed by atoms with Crippen LogP contribution < -0.4 is 5.32 Å². The molecule has 0 aromatic heterocycles. The summed E-state index contributed by atoms with van der Waals surface area (Å²) in [6, 6.07) is 4.63. The molecule has 0 radical (unpaired) electrons. The zero-order chi connectivity index (χ0) is 12.1. The Kier molecular flexibility index (Phi) is 4.97. The van der Waals surface area contributed by atoms with Crippen molar-refractivity contribution in [3.63, 3.8) is 0 Å². The van der Waals surface area contributed by atoms with Gasteiger partial charge in [0, 0.05) is 12.6 Å². The summed E-state index contributed by atoms with van der Waals surface area (Å²) in [6.07, 6.45) is 0.959. The quantitative estimate of drug-likeness (QED) is 0.800. The molecule has 0 aliphatic carbocycles. The van der Waals surface area contributed by atoms with Gasteiger partial charge in [0.2, 0.25) is 0 Å². The molecule has 0 saturated carbocycles. The molecule has 1 atom stereocenters. The fraction of sp³-hybridized carbons (Fsp3) is 0.571. The Labute approximate surface area is 98.7 Å². The summed E-state index contributed by atoms with van der Waals surface area (Å²) >= 11 is 0. The Balaban J connectivity index is 2.74. The number of aliphatic hydroxyl groups is 1. The van der Waals surface area contributed by atoms with Gasteiger partial charge in [-0.2, -0.15) is 0 Å². The molecule has 0 unspecified atom stereocenters. The molecule has 1 aromatic carbocycles. The summed E-state index contributed by atoms with van der Waals surface area (Å²) in [6.45, 7) is 9.56. The molecule has 16 heavy (non-hydrogen) atoms. The minimum absolute atomic E-state index is 0.208. The third-order valence-electron chi connectivity index (χ3n) is 3.12. The van der Waals surface area contributed by atoms with Crippen molar-refractivity contribution in [3.05, 3.63) is 34.4 Å². The summed E-state index contributed by atoms with van der Waals surface area (Å²) in [7, 11) is 0. The molecule has 2 heteroatoms. The Morgan fingerprint density at radius 3 is 2.19 bits per heavy atom. The second-order valence-electron chi connectivity index (χ2n) is 4.55. The minimum Gasteiger partial charge on any atom is -0.395 e. The van der Waals surface area contributed by atoms with Crippen LogP contribution in [0.4, 0.5) is 0 Å². The van der Waals surface area contributed by atoms with Gasteiger partial charge in [-0.3, -0.25) is 0 Å². The topological polar surface area (TPSA) is 32.3 Å². The molecule has 0 spiro atoms. The molecule has 0 fully saturated rings. The monoisotopic (exact) mass is 221 g/mol. The van der Waals surface area contributed by atoms with Crippen LogP contribution in [0.25, 0.3) is 0 Å². The molecule has 0 aliphatic heterocycles. The van der Waals surface area contributed by atoms with Crippen LogP contribution in [-0.2, 0) is 6.54 Å². The van der Waals surface area contributed by atoms with Crippen LogP contribution in [0.2, 0.25) is 0 Å². The maximum atomic E-state index is 9.12. The lowest BCUT2D eigenvalue weighted by molar-refractivity contribution is 0.238. The van der Waals surface area contributed by atoms with E-state index in [0.717, 1.165) is 13.0 Å². The minimum atomic E-state index is 0.208. The Morgan fingerprint density at radius 1 is 1.19 bits per heavy atom. The van der Waals surface area contributed by atoms with Crippen molar-refractivity contribution in [3.8, 4) is 0 Å². The number of aliphatic hydroxyl groups excluding tert-OH is 1. The molecule has 90 valence electrons. The van der Waals surface area contributed by atoms with Gasteiger partial charge in [-0.15, -0.1) is 0 Å². The lowest BCUT2D eigenvalue weighted by Gasteiger charge is -2.17. The molecule has 1 aromatic rings. The van der Waals surface area contributed by atoms with E-state index in [1.807, 2.05) is 0 Å². The van der Waals surface area contributed by atoms with Gasteiger partial charge in [-0.25, -0.2) is 0 Å². The molecule has 2 nitrogen and oxygen atoms in total. The molecule has 0 aliphatic rings. The van der Waals surface area contributed by atoms with E-state index in [-0.39, 0.29) is 12.6 Å². The van der Waals surface area contributed by atoms with Crippen LogP contribution in [0.3, 0.4) is 0 Å². The number of nitrogens with one attached hydrogen (secondary N) is 1. The SMILES string of the molecule is CC[C@H](CO)NCc1c(C)cc(C)cc1C. The van der Waals surface area contributed by atoms with Gasteiger partial charge in [0.15, 0.2) is 0 Å². The van der Waals surface area contributed by atoms with Gasteiger partial charge < -0.3 is 10.4 Å². The van der Waals surface area contributed by atoms with Gasteiger partial charge in [0.25, 0.3) is 0 Å². The Morgan fingerprint density at radius 2 is 1.75 bits per heavy atom. The third kappa shape index (κ3) is 3.32. The first kappa shape index (κ1) is 13.2. The van der Waals surface area contributed by atoms with Crippen molar-refractivity contribution >= 4 is 0 Å².